The molecule has 1 aromatic carbocycles. The van der Waals surface area contributed by atoms with Gasteiger partial charge in [0.05, 0.1) is 16.2 Å². The number of hydrogen-bond donors (Lipinski definition) is 0. The Bertz CT molecular complexity index is 482. The molecule has 1 atom stereocenters. The summed E-state index contributed by atoms with van der Waals surface area (Å²) in [5.41, 5.74) is 1.76. The van der Waals surface area contributed by atoms with Crippen LogP contribution in [0.4, 0.5) is 0 Å². The third kappa shape index (κ3) is 1.82. The van der Waals surface area contributed by atoms with Gasteiger partial charge in [0.15, 0.2) is 0 Å². The van der Waals surface area contributed by atoms with Gasteiger partial charge in [-0.15, -0.1) is 0 Å². The number of rotatable bonds is 2. The predicted molar refractivity (Wildman–Crippen MR) is 63.3 cm³/mol. The molecule has 0 aliphatic heterocycles. The number of nitrogens with zero attached hydrogens (tertiary/aromatic N) is 2. The van der Waals surface area contributed by atoms with Crippen molar-refractivity contribution in [3.63, 3.8) is 0 Å². The van der Waals surface area contributed by atoms with Crippen LogP contribution in [0.2, 0.25) is 5.02 Å². The standard InChI is InChI=1S/C12H13ClN2/c1-3-8(2)12-11(13)9-6-4-5-7-10(9)14-15-12/h4-8H,3H2,1-2H3. The molecule has 2 rings (SSSR count). The van der Waals surface area contributed by atoms with Crippen LogP contribution in [0, 0.1) is 0 Å². The first-order chi connectivity index (χ1) is 7.24. The van der Waals surface area contributed by atoms with Gasteiger partial charge < -0.3 is 0 Å². The van der Waals surface area contributed by atoms with Crippen molar-refractivity contribution in [2.24, 2.45) is 0 Å². The van der Waals surface area contributed by atoms with E-state index in [0.717, 1.165) is 28.0 Å². The zero-order valence-corrected chi connectivity index (χ0v) is 9.62. The summed E-state index contributed by atoms with van der Waals surface area (Å²) in [5, 5.41) is 10.1. The molecule has 78 valence electrons. The maximum atomic E-state index is 6.31. The smallest absolute Gasteiger partial charge is 0.0944 e. The number of fused-ring (bicyclic) bond motifs is 1. The van der Waals surface area contributed by atoms with Crippen LogP contribution in [0.5, 0.6) is 0 Å². The lowest BCUT2D eigenvalue weighted by atomic mass is 10.0. The summed E-state index contributed by atoms with van der Waals surface area (Å²) in [4.78, 5) is 0. The van der Waals surface area contributed by atoms with Crippen LogP contribution in [0.3, 0.4) is 0 Å². The van der Waals surface area contributed by atoms with Crippen LogP contribution >= 0.6 is 11.6 Å². The van der Waals surface area contributed by atoms with E-state index in [4.69, 9.17) is 11.6 Å². The molecule has 2 aromatic rings. The molecule has 0 N–H and O–H groups in total. The second-order valence-corrected chi connectivity index (χ2v) is 4.10. The van der Waals surface area contributed by atoms with E-state index in [2.05, 4.69) is 24.0 Å². The first-order valence-corrected chi connectivity index (χ1v) is 5.52. The van der Waals surface area contributed by atoms with Gasteiger partial charge in [0.1, 0.15) is 0 Å². The van der Waals surface area contributed by atoms with Gasteiger partial charge in [-0.3, -0.25) is 0 Å². The highest BCUT2D eigenvalue weighted by Crippen LogP contribution is 2.29. The fourth-order valence-electron chi connectivity index (χ4n) is 1.54. The van der Waals surface area contributed by atoms with Crippen LogP contribution < -0.4 is 0 Å². The SMILES string of the molecule is CCC(C)c1nnc2ccccc2c1Cl. The van der Waals surface area contributed by atoms with Crippen molar-refractivity contribution in [3.8, 4) is 0 Å². The Morgan fingerprint density at radius 2 is 2.00 bits per heavy atom. The fraction of sp³-hybridized carbons (Fsp3) is 0.333. The predicted octanol–water partition coefficient (Wildman–Crippen LogP) is 3.80. The molecular weight excluding hydrogens is 208 g/mol. The quantitative estimate of drug-likeness (QED) is 0.770. The Labute approximate surface area is 94.3 Å². The minimum atomic E-state index is 0.356. The molecule has 1 aromatic heterocycles. The molecule has 0 saturated heterocycles. The van der Waals surface area contributed by atoms with Gasteiger partial charge in [-0.25, -0.2) is 0 Å². The molecule has 0 saturated carbocycles. The van der Waals surface area contributed by atoms with Crippen molar-refractivity contribution in [1.82, 2.24) is 10.2 Å². The fourth-order valence-corrected chi connectivity index (χ4v) is 1.93. The van der Waals surface area contributed by atoms with Crippen molar-refractivity contribution in [2.45, 2.75) is 26.2 Å². The molecule has 0 aliphatic rings. The Hall–Kier alpha value is -1.15. The lowest BCUT2D eigenvalue weighted by molar-refractivity contribution is 0.695. The molecule has 0 spiro atoms. The van der Waals surface area contributed by atoms with E-state index in [1.165, 1.54) is 0 Å². The zero-order valence-electron chi connectivity index (χ0n) is 8.87. The molecule has 15 heavy (non-hydrogen) atoms. The highest BCUT2D eigenvalue weighted by Gasteiger charge is 2.12. The summed E-state index contributed by atoms with van der Waals surface area (Å²) in [6, 6.07) is 7.82. The Balaban J connectivity index is 2.65. The molecule has 3 heteroatoms. The lowest BCUT2D eigenvalue weighted by Crippen LogP contribution is -1.99. The monoisotopic (exact) mass is 220 g/mol. The summed E-state index contributed by atoms with van der Waals surface area (Å²) in [6.45, 7) is 4.24. The van der Waals surface area contributed by atoms with E-state index >= 15 is 0 Å². The van der Waals surface area contributed by atoms with Crippen LogP contribution in [-0.4, -0.2) is 10.2 Å². The molecule has 0 radical (unpaired) electrons. The molecule has 0 aliphatic carbocycles. The van der Waals surface area contributed by atoms with Gasteiger partial charge in [0.2, 0.25) is 0 Å². The van der Waals surface area contributed by atoms with Crippen LogP contribution in [0.15, 0.2) is 24.3 Å². The van der Waals surface area contributed by atoms with Crippen molar-refractivity contribution in [3.05, 3.63) is 35.0 Å². The number of hydrogen-bond acceptors (Lipinski definition) is 2. The second kappa shape index (κ2) is 4.15. The zero-order chi connectivity index (χ0) is 10.8. The van der Waals surface area contributed by atoms with E-state index in [9.17, 15) is 0 Å². The Kier molecular flexibility index (Phi) is 2.87. The van der Waals surface area contributed by atoms with Gasteiger partial charge >= 0.3 is 0 Å². The topological polar surface area (TPSA) is 25.8 Å². The Morgan fingerprint density at radius 3 is 2.73 bits per heavy atom. The second-order valence-electron chi connectivity index (χ2n) is 3.73. The minimum Gasteiger partial charge on any atom is -0.153 e. The highest BCUT2D eigenvalue weighted by molar-refractivity contribution is 6.35. The van der Waals surface area contributed by atoms with Crippen molar-refractivity contribution >= 4 is 22.5 Å². The number of aromatic nitrogens is 2. The van der Waals surface area contributed by atoms with E-state index < -0.39 is 0 Å². The first kappa shape index (κ1) is 10.4. The van der Waals surface area contributed by atoms with E-state index in [-0.39, 0.29) is 0 Å². The Morgan fingerprint density at radius 1 is 1.27 bits per heavy atom. The normalized spacial score (nSPS) is 13.0. The maximum Gasteiger partial charge on any atom is 0.0944 e. The lowest BCUT2D eigenvalue weighted by Gasteiger charge is -2.10. The van der Waals surface area contributed by atoms with Gasteiger partial charge in [-0.05, 0) is 12.5 Å². The average molecular weight is 221 g/mol. The summed E-state index contributed by atoms with van der Waals surface area (Å²) in [5.74, 6) is 0.356. The molecule has 2 nitrogen and oxygen atoms in total. The molecular formula is C12H13ClN2. The van der Waals surface area contributed by atoms with Gasteiger partial charge in [0.25, 0.3) is 0 Å². The van der Waals surface area contributed by atoms with Crippen LogP contribution in [-0.2, 0) is 0 Å². The van der Waals surface area contributed by atoms with Crippen molar-refractivity contribution < 1.29 is 0 Å². The summed E-state index contributed by atoms with van der Waals surface area (Å²) >= 11 is 6.31. The molecule has 1 heterocycles. The molecule has 0 bridgehead atoms. The number of halogens is 1. The number of benzene rings is 1. The summed E-state index contributed by atoms with van der Waals surface area (Å²) in [7, 11) is 0. The van der Waals surface area contributed by atoms with Crippen LogP contribution in [0.25, 0.3) is 10.9 Å². The average Bonchev–Trinajstić information content (AvgIpc) is 2.29. The van der Waals surface area contributed by atoms with Gasteiger partial charge in [0, 0.05) is 11.3 Å². The van der Waals surface area contributed by atoms with Gasteiger partial charge in [-0.1, -0.05) is 43.6 Å². The van der Waals surface area contributed by atoms with Crippen molar-refractivity contribution in [2.75, 3.05) is 0 Å². The minimum absolute atomic E-state index is 0.356. The molecule has 0 amide bonds. The summed E-state index contributed by atoms with van der Waals surface area (Å²) in [6.07, 6.45) is 1.02. The van der Waals surface area contributed by atoms with E-state index in [1.807, 2.05) is 24.3 Å². The highest BCUT2D eigenvalue weighted by atomic mass is 35.5. The third-order valence-electron chi connectivity index (χ3n) is 2.71. The third-order valence-corrected chi connectivity index (χ3v) is 3.11. The van der Waals surface area contributed by atoms with E-state index in [1.54, 1.807) is 0 Å². The van der Waals surface area contributed by atoms with Crippen molar-refractivity contribution in [1.29, 1.82) is 0 Å². The summed E-state index contributed by atoms with van der Waals surface area (Å²) < 4.78 is 0. The first-order valence-electron chi connectivity index (χ1n) is 5.14. The molecule has 0 fully saturated rings. The molecule has 1 unspecified atom stereocenters. The largest absolute Gasteiger partial charge is 0.153 e. The van der Waals surface area contributed by atoms with Gasteiger partial charge in [-0.2, -0.15) is 10.2 Å². The van der Waals surface area contributed by atoms with Crippen LogP contribution in [0.1, 0.15) is 31.9 Å². The van der Waals surface area contributed by atoms with E-state index in [0.29, 0.717) is 5.92 Å². The maximum absolute atomic E-state index is 6.31.